The van der Waals surface area contributed by atoms with Crippen LogP contribution in [0.4, 0.5) is 4.79 Å². The van der Waals surface area contributed by atoms with Gasteiger partial charge in [-0.2, -0.15) is 0 Å². The number of aryl methyl sites for hydroxylation is 2. The van der Waals surface area contributed by atoms with Crippen molar-refractivity contribution in [1.82, 2.24) is 20.9 Å². The summed E-state index contributed by atoms with van der Waals surface area (Å²) in [5, 5.41) is 8.39. The van der Waals surface area contributed by atoms with Gasteiger partial charge in [0.1, 0.15) is 5.76 Å². The maximum absolute atomic E-state index is 11.9. The molecule has 20 heavy (non-hydrogen) atoms. The standard InChI is InChI=1S/C13H22N4O3/c1-10-12(11(2)20-16-10)4-3-5-14-13(18)17-7-9-19-8-6-15-17/h15H,3-9H2,1-2H3,(H,14,18). The van der Waals surface area contributed by atoms with E-state index in [0.717, 1.165) is 29.9 Å². The number of urea groups is 1. The topological polar surface area (TPSA) is 79.6 Å². The Kier molecular flexibility index (Phi) is 5.37. The maximum atomic E-state index is 11.9. The second-order valence-electron chi connectivity index (χ2n) is 4.81. The van der Waals surface area contributed by atoms with E-state index in [2.05, 4.69) is 15.9 Å². The van der Waals surface area contributed by atoms with Crippen LogP contribution in [-0.2, 0) is 11.2 Å². The monoisotopic (exact) mass is 282 g/mol. The van der Waals surface area contributed by atoms with Crippen LogP contribution < -0.4 is 10.7 Å². The Morgan fingerprint density at radius 2 is 2.30 bits per heavy atom. The van der Waals surface area contributed by atoms with E-state index >= 15 is 0 Å². The van der Waals surface area contributed by atoms with E-state index < -0.39 is 0 Å². The van der Waals surface area contributed by atoms with E-state index in [9.17, 15) is 4.79 Å². The van der Waals surface area contributed by atoms with Crippen molar-refractivity contribution in [3.63, 3.8) is 0 Å². The van der Waals surface area contributed by atoms with Gasteiger partial charge in [0.2, 0.25) is 0 Å². The van der Waals surface area contributed by atoms with Gasteiger partial charge in [-0.05, 0) is 26.7 Å². The Bertz CT molecular complexity index is 419. The van der Waals surface area contributed by atoms with Gasteiger partial charge in [0.15, 0.2) is 0 Å². The van der Waals surface area contributed by atoms with Crippen molar-refractivity contribution >= 4 is 6.03 Å². The minimum atomic E-state index is -0.103. The summed E-state index contributed by atoms with van der Waals surface area (Å²) in [6, 6.07) is -0.103. The fourth-order valence-corrected chi connectivity index (χ4v) is 2.18. The molecule has 1 fully saturated rings. The molecule has 0 saturated carbocycles. The quantitative estimate of drug-likeness (QED) is 0.797. The van der Waals surface area contributed by atoms with Gasteiger partial charge < -0.3 is 14.6 Å². The van der Waals surface area contributed by atoms with E-state index in [4.69, 9.17) is 9.26 Å². The van der Waals surface area contributed by atoms with Gasteiger partial charge in [-0.15, -0.1) is 0 Å². The first-order valence-electron chi connectivity index (χ1n) is 6.97. The zero-order valence-electron chi connectivity index (χ0n) is 12.1. The van der Waals surface area contributed by atoms with Gasteiger partial charge in [-0.3, -0.25) is 5.01 Å². The largest absolute Gasteiger partial charge is 0.378 e. The molecular formula is C13H22N4O3. The molecule has 2 rings (SSSR count). The van der Waals surface area contributed by atoms with Gasteiger partial charge in [-0.1, -0.05) is 5.16 Å². The van der Waals surface area contributed by atoms with Crippen LogP contribution in [0.3, 0.4) is 0 Å². The second kappa shape index (κ2) is 7.25. The van der Waals surface area contributed by atoms with Crippen LogP contribution >= 0.6 is 0 Å². The number of rotatable bonds is 4. The van der Waals surface area contributed by atoms with Crippen molar-refractivity contribution in [2.45, 2.75) is 26.7 Å². The first-order valence-corrected chi connectivity index (χ1v) is 6.97. The predicted molar refractivity (Wildman–Crippen MR) is 73.2 cm³/mol. The predicted octanol–water partition coefficient (Wildman–Crippen LogP) is 0.770. The molecule has 0 spiro atoms. The molecule has 0 atom stereocenters. The molecule has 1 aromatic heterocycles. The highest BCUT2D eigenvalue weighted by Gasteiger charge is 2.15. The molecular weight excluding hydrogens is 260 g/mol. The number of hydrazine groups is 1. The van der Waals surface area contributed by atoms with Crippen molar-refractivity contribution in [3.8, 4) is 0 Å². The zero-order valence-corrected chi connectivity index (χ0v) is 12.1. The third kappa shape index (κ3) is 3.94. The summed E-state index contributed by atoms with van der Waals surface area (Å²) in [6.07, 6.45) is 1.72. The minimum absolute atomic E-state index is 0.103. The number of carbonyl (C=O) groups excluding carboxylic acids is 1. The molecule has 0 bridgehead atoms. The molecule has 2 N–H and O–H groups in total. The Labute approximate surface area is 118 Å². The van der Waals surface area contributed by atoms with E-state index in [0.29, 0.717) is 32.8 Å². The van der Waals surface area contributed by atoms with Crippen LogP contribution in [0.1, 0.15) is 23.4 Å². The maximum Gasteiger partial charge on any atom is 0.331 e. The number of carbonyl (C=O) groups is 1. The summed E-state index contributed by atoms with van der Waals surface area (Å²) in [5.74, 6) is 0.861. The second-order valence-corrected chi connectivity index (χ2v) is 4.81. The summed E-state index contributed by atoms with van der Waals surface area (Å²) in [4.78, 5) is 11.9. The van der Waals surface area contributed by atoms with Gasteiger partial charge in [0.25, 0.3) is 0 Å². The minimum Gasteiger partial charge on any atom is -0.378 e. The Balaban J connectivity index is 1.69. The number of nitrogens with zero attached hydrogens (tertiary/aromatic N) is 2. The number of hydrogen-bond donors (Lipinski definition) is 2. The van der Waals surface area contributed by atoms with Gasteiger partial charge in [0.05, 0.1) is 25.5 Å². The SMILES string of the molecule is Cc1noc(C)c1CCCNC(=O)N1CCOCCN1. The number of aromatic nitrogens is 1. The molecule has 2 amide bonds. The van der Waals surface area contributed by atoms with E-state index in [1.54, 1.807) is 5.01 Å². The van der Waals surface area contributed by atoms with Crippen molar-refractivity contribution in [1.29, 1.82) is 0 Å². The first-order chi connectivity index (χ1) is 9.68. The van der Waals surface area contributed by atoms with Crippen molar-refractivity contribution < 1.29 is 14.1 Å². The Morgan fingerprint density at radius 1 is 1.45 bits per heavy atom. The van der Waals surface area contributed by atoms with Crippen LogP contribution in [0.15, 0.2) is 4.52 Å². The fourth-order valence-electron chi connectivity index (χ4n) is 2.18. The van der Waals surface area contributed by atoms with Crippen LogP contribution in [0.2, 0.25) is 0 Å². The van der Waals surface area contributed by atoms with Crippen LogP contribution in [0.5, 0.6) is 0 Å². The van der Waals surface area contributed by atoms with Gasteiger partial charge in [-0.25, -0.2) is 10.2 Å². The molecule has 0 aromatic carbocycles. The molecule has 112 valence electrons. The summed E-state index contributed by atoms with van der Waals surface area (Å²) in [7, 11) is 0. The van der Waals surface area contributed by atoms with Crippen molar-refractivity contribution in [2.75, 3.05) is 32.8 Å². The molecule has 1 aliphatic rings. The van der Waals surface area contributed by atoms with Crippen LogP contribution in [-0.4, -0.2) is 49.0 Å². The van der Waals surface area contributed by atoms with Crippen LogP contribution in [0.25, 0.3) is 0 Å². The van der Waals surface area contributed by atoms with Gasteiger partial charge >= 0.3 is 6.03 Å². The Morgan fingerprint density at radius 3 is 3.05 bits per heavy atom. The highest BCUT2D eigenvalue weighted by Crippen LogP contribution is 2.13. The lowest BCUT2D eigenvalue weighted by atomic mass is 10.1. The third-order valence-corrected chi connectivity index (χ3v) is 3.31. The fraction of sp³-hybridized carbons (Fsp3) is 0.692. The zero-order chi connectivity index (χ0) is 14.4. The average Bonchev–Trinajstić information content (AvgIpc) is 2.67. The lowest BCUT2D eigenvalue weighted by Gasteiger charge is -2.20. The normalized spacial score (nSPS) is 16.0. The van der Waals surface area contributed by atoms with E-state index in [1.807, 2.05) is 13.8 Å². The number of ether oxygens (including phenoxy) is 1. The molecule has 0 unspecified atom stereocenters. The smallest absolute Gasteiger partial charge is 0.331 e. The number of amides is 2. The first kappa shape index (κ1) is 14.8. The summed E-state index contributed by atoms with van der Waals surface area (Å²) in [6.45, 7) is 6.90. The molecule has 2 heterocycles. The van der Waals surface area contributed by atoms with Crippen LogP contribution in [0, 0.1) is 13.8 Å². The molecule has 1 aliphatic heterocycles. The summed E-state index contributed by atoms with van der Waals surface area (Å²) < 4.78 is 10.4. The van der Waals surface area contributed by atoms with Crippen molar-refractivity contribution in [3.05, 3.63) is 17.0 Å². The Hall–Kier alpha value is -1.60. The lowest BCUT2D eigenvalue weighted by Crippen LogP contribution is -2.49. The van der Waals surface area contributed by atoms with E-state index in [-0.39, 0.29) is 6.03 Å². The lowest BCUT2D eigenvalue weighted by molar-refractivity contribution is 0.143. The third-order valence-electron chi connectivity index (χ3n) is 3.31. The number of nitrogens with one attached hydrogen (secondary N) is 2. The molecule has 1 aromatic rings. The number of hydrogen-bond acceptors (Lipinski definition) is 5. The highest BCUT2D eigenvalue weighted by atomic mass is 16.5. The molecule has 0 radical (unpaired) electrons. The average molecular weight is 282 g/mol. The highest BCUT2D eigenvalue weighted by molar-refractivity contribution is 5.73. The van der Waals surface area contributed by atoms with Crippen molar-refractivity contribution in [2.24, 2.45) is 0 Å². The van der Waals surface area contributed by atoms with Gasteiger partial charge in [0, 0.05) is 18.7 Å². The summed E-state index contributed by atoms with van der Waals surface area (Å²) in [5.41, 5.74) is 5.10. The molecule has 0 aliphatic carbocycles. The van der Waals surface area contributed by atoms with E-state index in [1.165, 1.54) is 0 Å². The molecule has 1 saturated heterocycles. The molecule has 7 heteroatoms. The molecule has 7 nitrogen and oxygen atoms in total. The summed E-state index contributed by atoms with van der Waals surface area (Å²) >= 11 is 0.